The van der Waals surface area contributed by atoms with Gasteiger partial charge in [-0.25, -0.2) is 4.39 Å². The van der Waals surface area contributed by atoms with E-state index in [4.69, 9.17) is 4.74 Å². The minimum atomic E-state index is -2.09. The number of rotatable bonds is 5. The Labute approximate surface area is 227 Å². The van der Waals surface area contributed by atoms with Gasteiger partial charge in [0, 0.05) is 16.7 Å². The number of ketones is 2. The van der Waals surface area contributed by atoms with E-state index in [1.54, 1.807) is 32.9 Å². The molecule has 3 saturated carbocycles. The number of aliphatic hydroxyl groups is 2. The van der Waals surface area contributed by atoms with Gasteiger partial charge in [0.1, 0.15) is 5.60 Å². The lowest BCUT2D eigenvalue weighted by atomic mass is 9.44. The third-order valence-electron chi connectivity index (χ3n) is 11.0. The molecule has 3 N–H and O–H groups in total. The van der Waals surface area contributed by atoms with E-state index in [9.17, 15) is 34.5 Å². The molecule has 5 rings (SSSR count). The standard InChI is InChI=1S/C30H37FO8/c1-16-12-22-21-9-8-17-13-18(32)10-11-27(17,2)29(21,31)23(33)14-28(22,3)30(16,38)24(34)15-39-26(37)20-7-5-4-6-19(20)25(35)36/h5,7,10-11,13,16,19-23,33,38H,4,6,8-9,12,14-15H2,1-3H3,(H,35,36)/t16-,19?,20?,21+,22+,23+,27+,28+,29+,30+/m1/s1. The first-order chi connectivity index (χ1) is 18.2. The molecule has 8 nitrogen and oxygen atoms in total. The van der Waals surface area contributed by atoms with E-state index in [1.165, 1.54) is 18.2 Å². The number of carboxylic acid groups (broad SMARTS) is 1. The number of allylic oxidation sites excluding steroid dienone is 5. The molecular weight excluding hydrogens is 507 g/mol. The zero-order valence-electron chi connectivity index (χ0n) is 22.6. The van der Waals surface area contributed by atoms with E-state index < -0.39 is 82.1 Å². The van der Waals surface area contributed by atoms with Crippen LogP contribution in [0.2, 0.25) is 0 Å². The summed E-state index contributed by atoms with van der Waals surface area (Å²) >= 11 is 0. The van der Waals surface area contributed by atoms with Gasteiger partial charge in [-0.3, -0.25) is 19.2 Å². The van der Waals surface area contributed by atoms with Crippen LogP contribution in [0.4, 0.5) is 4.39 Å². The van der Waals surface area contributed by atoms with Gasteiger partial charge in [0.15, 0.2) is 18.1 Å². The van der Waals surface area contributed by atoms with Crippen LogP contribution in [0.25, 0.3) is 0 Å². The molecule has 0 aromatic heterocycles. The van der Waals surface area contributed by atoms with Gasteiger partial charge in [0.2, 0.25) is 5.78 Å². The highest BCUT2D eigenvalue weighted by atomic mass is 19.1. The first kappa shape index (κ1) is 27.9. The molecule has 0 spiro atoms. The molecule has 0 saturated heterocycles. The van der Waals surface area contributed by atoms with E-state index >= 15 is 4.39 Å². The quantitative estimate of drug-likeness (QED) is 0.355. The molecule has 9 heteroatoms. The normalized spacial score (nSPS) is 46.5. The first-order valence-corrected chi connectivity index (χ1v) is 13.8. The number of Topliss-reactive ketones (excluding diaryl/α,β-unsaturated/α-hetero) is 1. The lowest BCUT2D eigenvalue weighted by Crippen LogP contribution is -2.69. The van der Waals surface area contributed by atoms with Gasteiger partial charge in [-0.1, -0.05) is 37.6 Å². The van der Waals surface area contributed by atoms with Crippen LogP contribution >= 0.6 is 0 Å². The van der Waals surface area contributed by atoms with Gasteiger partial charge in [-0.2, -0.15) is 0 Å². The average molecular weight is 545 g/mol. The first-order valence-electron chi connectivity index (χ1n) is 13.8. The second-order valence-corrected chi connectivity index (χ2v) is 12.7. The summed E-state index contributed by atoms with van der Waals surface area (Å²) in [6.07, 6.45) is 7.86. The molecule has 0 radical (unpaired) electrons. The van der Waals surface area contributed by atoms with Crippen LogP contribution < -0.4 is 0 Å². The highest BCUT2D eigenvalue weighted by molar-refractivity contribution is 6.01. The second-order valence-electron chi connectivity index (χ2n) is 12.7. The maximum Gasteiger partial charge on any atom is 0.314 e. The molecule has 10 atom stereocenters. The van der Waals surface area contributed by atoms with Crippen molar-refractivity contribution in [1.82, 2.24) is 0 Å². The van der Waals surface area contributed by atoms with Gasteiger partial charge >= 0.3 is 11.9 Å². The monoisotopic (exact) mass is 544 g/mol. The Kier molecular flexibility index (Phi) is 6.58. The number of fused-ring (bicyclic) bond motifs is 5. The molecule has 0 heterocycles. The summed E-state index contributed by atoms with van der Waals surface area (Å²) in [4.78, 5) is 50.0. The maximum absolute atomic E-state index is 17.3. The Bertz CT molecular complexity index is 1210. The van der Waals surface area contributed by atoms with E-state index in [-0.39, 0.29) is 18.6 Å². The van der Waals surface area contributed by atoms with E-state index in [1.807, 2.05) is 0 Å². The molecular formula is C30H37FO8. The van der Waals surface area contributed by atoms with Crippen LogP contribution in [0.3, 0.4) is 0 Å². The number of carbonyl (C=O) groups is 4. The molecule has 5 aliphatic carbocycles. The molecule has 0 aromatic carbocycles. The summed E-state index contributed by atoms with van der Waals surface area (Å²) in [6, 6.07) is 0. The molecule has 0 aromatic rings. The van der Waals surface area contributed by atoms with Gasteiger partial charge in [0.05, 0.1) is 17.9 Å². The van der Waals surface area contributed by atoms with Crippen molar-refractivity contribution in [2.45, 2.75) is 76.7 Å². The zero-order chi connectivity index (χ0) is 28.5. The predicted molar refractivity (Wildman–Crippen MR) is 137 cm³/mol. The number of hydrogen-bond acceptors (Lipinski definition) is 7. The molecule has 0 bridgehead atoms. The Balaban J connectivity index is 1.40. The predicted octanol–water partition coefficient (Wildman–Crippen LogP) is 3.11. The number of esters is 1. The topological polar surface area (TPSA) is 138 Å². The van der Waals surface area contributed by atoms with E-state index in [0.29, 0.717) is 31.3 Å². The van der Waals surface area contributed by atoms with Crippen molar-refractivity contribution in [2.75, 3.05) is 6.61 Å². The third kappa shape index (κ3) is 3.68. The number of carbonyl (C=O) groups excluding carboxylic acids is 3. The summed E-state index contributed by atoms with van der Waals surface area (Å²) in [5.74, 6) is -6.56. The summed E-state index contributed by atoms with van der Waals surface area (Å²) in [6.45, 7) is 4.39. The molecule has 5 aliphatic rings. The fraction of sp³-hybridized carbons (Fsp3) is 0.667. The van der Waals surface area contributed by atoms with Crippen molar-refractivity contribution in [2.24, 2.45) is 40.4 Å². The molecule has 3 fully saturated rings. The smallest absolute Gasteiger partial charge is 0.314 e. The van der Waals surface area contributed by atoms with Crippen molar-refractivity contribution in [1.29, 1.82) is 0 Å². The number of aliphatic carboxylic acids is 1. The van der Waals surface area contributed by atoms with Crippen LogP contribution in [0.5, 0.6) is 0 Å². The van der Waals surface area contributed by atoms with Gasteiger partial charge in [-0.15, -0.1) is 0 Å². The number of halogens is 1. The van der Waals surface area contributed by atoms with E-state index in [2.05, 4.69) is 0 Å². The van der Waals surface area contributed by atoms with Gasteiger partial charge < -0.3 is 20.1 Å². The largest absolute Gasteiger partial charge is 0.481 e. The highest BCUT2D eigenvalue weighted by Crippen LogP contribution is 2.70. The Morgan fingerprint density at radius 1 is 1.18 bits per heavy atom. The number of aliphatic hydroxyl groups excluding tert-OH is 1. The van der Waals surface area contributed by atoms with Gasteiger partial charge in [-0.05, 0) is 69.4 Å². The number of alkyl halides is 1. The number of carboxylic acids is 1. The minimum absolute atomic E-state index is 0.178. The number of ether oxygens (including phenoxy) is 1. The molecule has 2 unspecified atom stereocenters. The average Bonchev–Trinajstić information content (AvgIpc) is 3.09. The van der Waals surface area contributed by atoms with Crippen molar-refractivity contribution < 1.29 is 43.6 Å². The summed E-state index contributed by atoms with van der Waals surface area (Å²) < 4.78 is 22.5. The van der Waals surface area contributed by atoms with Crippen molar-refractivity contribution >= 4 is 23.5 Å². The molecule has 0 amide bonds. The third-order valence-corrected chi connectivity index (χ3v) is 11.0. The Morgan fingerprint density at radius 2 is 1.90 bits per heavy atom. The van der Waals surface area contributed by atoms with Crippen LogP contribution in [0, 0.1) is 40.4 Å². The lowest BCUT2D eigenvalue weighted by molar-refractivity contribution is -0.220. The van der Waals surface area contributed by atoms with Crippen molar-refractivity contribution in [3.05, 3.63) is 36.0 Å². The summed E-state index contributed by atoms with van der Waals surface area (Å²) in [5.41, 5.74) is -5.78. The Morgan fingerprint density at radius 3 is 2.59 bits per heavy atom. The van der Waals surface area contributed by atoms with Crippen LogP contribution in [0.15, 0.2) is 36.0 Å². The fourth-order valence-corrected chi connectivity index (χ4v) is 8.84. The maximum atomic E-state index is 17.3. The summed E-state index contributed by atoms with van der Waals surface area (Å²) in [7, 11) is 0. The SMILES string of the molecule is C[C@@H]1C[C@H]2[C@@H]3CCC4=CC(=O)C=C[C@]4(C)[C@@]3(F)[C@@H](O)C[C@]2(C)[C@@]1(O)C(=O)COC(=O)C1C=CCCC1C(=O)O. The molecule has 212 valence electrons. The lowest BCUT2D eigenvalue weighted by Gasteiger charge is -2.62. The molecule has 0 aliphatic heterocycles. The highest BCUT2D eigenvalue weighted by Gasteiger charge is 2.75. The second kappa shape index (κ2) is 9.20. The number of hydrogen-bond donors (Lipinski definition) is 3. The van der Waals surface area contributed by atoms with Crippen molar-refractivity contribution in [3.8, 4) is 0 Å². The minimum Gasteiger partial charge on any atom is -0.481 e. The fourth-order valence-electron chi connectivity index (χ4n) is 8.84. The van der Waals surface area contributed by atoms with E-state index in [0.717, 1.165) is 0 Å². The zero-order valence-corrected chi connectivity index (χ0v) is 22.6. The summed E-state index contributed by atoms with van der Waals surface area (Å²) in [5, 5.41) is 32.9. The van der Waals surface area contributed by atoms with Crippen LogP contribution in [-0.2, 0) is 23.9 Å². The van der Waals surface area contributed by atoms with Crippen molar-refractivity contribution in [3.63, 3.8) is 0 Å². The Hall–Kier alpha value is -2.65. The van der Waals surface area contributed by atoms with Crippen LogP contribution in [0.1, 0.15) is 59.3 Å². The van der Waals surface area contributed by atoms with Gasteiger partial charge in [0.25, 0.3) is 0 Å². The van der Waals surface area contributed by atoms with Crippen LogP contribution in [-0.4, -0.2) is 62.8 Å². The molecule has 39 heavy (non-hydrogen) atoms.